The van der Waals surface area contributed by atoms with E-state index >= 15 is 0 Å². The fourth-order valence-corrected chi connectivity index (χ4v) is 1.86. The average Bonchev–Trinajstić information content (AvgIpc) is 2.78. The average molecular weight is 230 g/mol. The van der Waals surface area contributed by atoms with Gasteiger partial charge < -0.3 is 5.73 Å². The van der Waals surface area contributed by atoms with Crippen molar-refractivity contribution in [1.82, 2.24) is 15.0 Å². The highest BCUT2D eigenvalue weighted by atomic mass is 15.4. The SMILES string of the molecule is CC(C)c1ccccc1-n1cc(CCN)nn1. The maximum atomic E-state index is 5.51. The molecule has 0 atom stereocenters. The largest absolute Gasteiger partial charge is 0.330 e. The highest BCUT2D eigenvalue weighted by Gasteiger charge is 2.09. The molecule has 4 nitrogen and oxygen atoms in total. The maximum Gasteiger partial charge on any atom is 0.0844 e. The molecular weight excluding hydrogens is 212 g/mol. The third-order valence-electron chi connectivity index (χ3n) is 2.75. The summed E-state index contributed by atoms with van der Waals surface area (Å²) in [4.78, 5) is 0. The van der Waals surface area contributed by atoms with Crippen LogP contribution in [-0.2, 0) is 6.42 Å². The molecule has 2 rings (SSSR count). The Bertz CT molecular complexity index is 488. The smallest absolute Gasteiger partial charge is 0.0844 e. The predicted molar refractivity (Wildman–Crippen MR) is 68.2 cm³/mol. The first kappa shape index (κ1) is 11.8. The molecule has 0 spiro atoms. The van der Waals surface area contributed by atoms with Crippen LogP contribution in [0.25, 0.3) is 5.69 Å². The molecule has 1 aromatic heterocycles. The fraction of sp³-hybridized carbons (Fsp3) is 0.385. The Morgan fingerprint density at radius 1 is 1.29 bits per heavy atom. The Morgan fingerprint density at radius 2 is 2.06 bits per heavy atom. The first-order valence-corrected chi connectivity index (χ1v) is 5.93. The van der Waals surface area contributed by atoms with Crippen molar-refractivity contribution in [3.63, 3.8) is 0 Å². The molecule has 0 bridgehead atoms. The Morgan fingerprint density at radius 3 is 2.76 bits per heavy atom. The highest BCUT2D eigenvalue weighted by molar-refractivity contribution is 5.42. The number of rotatable bonds is 4. The molecule has 0 saturated heterocycles. The van der Waals surface area contributed by atoms with Gasteiger partial charge in [-0.3, -0.25) is 0 Å². The Labute approximate surface area is 101 Å². The molecule has 0 fully saturated rings. The number of para-hydroxylation sites is 1. The second-order valence-corrected chi connectivity index (χ2v) is 4.41. The van der Waals surface area contributed by atoms with E-state index in [2.05, 4.69) is 42.4 Å². The number of benzene rings is 1. The van der Waals surface area contributed by atoms with Crippen LogP contribution in [0.2, 0.25) is 0 Å². The summed E-state index contributed by atoms with van der Waals surface area (Å²) in [6.07, 6.45) is 2.72. The standard InChI is InChI=1S/C13H18N4/c1-10(2)12-5-3-4-6-13(12)17-9-11(7-8-14)15-16-17/h3-6,9-10H,7-8,14H2,1-2H3. The number of hydrogen-bond donors (Lipinski definition) is 1. The molecule has 1 aromatic carbocycles. The van der Waals surface area contributed by atoms with Gasteiger partial charge in [0.05, 0.1) is 17.6 Å². The molecule has 0 unspecified atom stereocenters. The summed E-state index contributed by atoms with van der Waals surface area (Å²) in [5.41, 5.74) is 8.82. The van der Waals surface area contributed by atoms with Gasteiger partial charge in [-0.05, 0) is 24.1 Å². The normalized spacial score (nSPS) is 11.1. The summed E-state index contributed by atoms with van der Waals surface area (Å²) >= 11 is 0. The molecule has 0 aliphatic carbocycles. The van der Waals surface area contributed by atoms with Crippen LogP contribution < -0.4 is 5.73 Å². The second kappa shape index (κ2) is 5.10. The lowest BCUT2D eigenvalue weighted by atomic mass is 10.0. The molecule has 0 amide bonds. The minimum Gasteiger partial charge on any atom is -0.330 e. The van der Waals surface area contributed by atoms with Gasteiger partial charge in [-0.25, -0.2) is 4.68 Å². The molecule has 1 heterocycles. The molecule has 0 aliphatic rings. The van der Waals surface area contributed by atoms with Crippen LogP contribution in [0.5, 0.6) is 0 Å². The van der Waals surface area contributed by atoms with Crippen LogP contribution >= 0.6 is 0 Å². The van der Waals surface area contributed by atoms with Crippen molar-refractivity contribution < 1.29 is 0 Å². The van der Waals surface area contributed by atoms with Crippen LogP contribution in [0, 0.1) is 0 Å². The zero-order valence-electron chi connectivity index (χ0n) is 10.3. The summed E-state index contributed by atoms with van der Waals surface area (Å²) in [6.45, 7) is 4.96. The lowest BCUT2D eigenvalue weighted by molar-refractivity contribution is 0.767. The van der Waals surface area contributed by atoms with E-state index in [1.165, 1.54) is 5.56 Å². The Balaban J connectivity index is 2.38. The first-order chi connectivity index (χ1) is 8.22. The maximum absolute atomic E-state index is 5.51. The quantitative estimate of drug-likeness (QED) is 0.872. The van der Waals surface area contributed by atoms with Gasteiger partial charge >= 0.3 is 0 Å². The van der Waals surface area contributed by atoms with Gasteiger partial charge in [0.2, 0.25) is 0 Å². The third-order valence-corrected chi connectivity index (χ3v) is 2.75. The van der Waals surface area contributed by atoms with E-state index in [1.54, 1.807) is 0 Å². The zero-order valence-corrected chi connectivity index (χ0v) is 10.3. The van der Waals surface area contributed by atoms with Gasteiger partial charge in [0, 0.05) is 6.42 Å². The van der Waals surface area contributed by atoms with Crippen LogP contribution in [0.4, 0.5) is 0 Å². The molecule has 4 heteroatoms. The van der Waals surface area contributed by atoms with Gasteiger partial charge in [0.15, 0.2) is 0 Å². The molecule has 17 heavy (non-hydrogen) atoms. The van der Waals surface area contributed by atoms with Crippen molar-refractivity contribution in [1.29, 1.82) is 0 Å². The number of hydrogen-bond acceptors (Lipinski definition) is 3. The molecule has 0 saturated carbocycles. The van der Waals surface area contributed by atoms with Crippen LogP contribution in [0.1, 0.15) is 31.0 Å². The van der Waals surface area contributed by atoms with Gasteiger partial charge in [-0.15, -0.1) is 5.10 Å². The van der Waals surface area contributed by atoms with Gasteiger partial charge in [0.1, 0.15) is 0 Å². The molecule has 2 N–H and O–H groups in total. The topological polar surface area (TPSA) is 56.7 Å². The molecule has 2 aromatic rings. The van der Waals surface area contributed by atoms with Gasteiger partial charge in [-0.2, -0.15) is 0 Å². The minimum atomic E-state index is 0.466. The van der Waals surface area contributed by atoms with Crippen molar-refractivity contribution in [3.05, 3.63) is 41.7 Å². The minimum absolute atomic E-state index is 0.466. The summed E-state index contributed by atoms with van der Waals surface area (Å²) in [7, 11) is 0. The third kappa shape index (κ3) is 2.53. The summed E-state index contributed by atoms with van der Waals surface area (Å²) < 4.78 is 1.83. The van der Waals surface area contributed by atoms with Crippen LogP contribution in [0.3, 0.4) is 0 Å². The van der Waals surface area contributed by atoms with E-state index in [4.69, 9.17) is 5.73 Å². The Hall–Kier alpha value is -1.68. The van der Waals surface area contributed by atoms with E-state index < -0.39 is 0 Å². The van der Waals surface area contributed by atoms with Gasteiger partial charge in [-0.1, -0.05) is 37.3 Å². The van der Waals surface area contributed by atoms with Crippen LogP contribution in [0.15, 0.2) is 30.5 Å². The van der Waals surface area contributed by atoms with Crippen molar-refractivity contribution >= 4 is 0 Å². The van der Waals surface area contributed by atoms with E-state index in [9.17, 15) is 0 Å². The molecule has 0 radical (unpaired) electrons. The highest BCUT2D eigenvalue weighted by Crippen LogP contribution is 2.21. The Kier molecular flexibility index (Phi) is 3.54. The molecular formula is C13H18N4. The molecule has 0 aliphatic heterocycles. The van der Waals surface area contributed by atoms with Crippen molar-refractivity contribution in [2.45, 2.75) is 26.2 Å². The van der Waals surface area contributed by atoms with Crippen LogP contribution in [-0.4, -0.2) is 21.5 Å². The summed E-state index contributed by atoms with van der Waals surface area (Å²) in [5.74, 6) is 0.466. The van der Waals surface area contributed by atoms with E-state index in [0.717, 1.165) is 17.8 Å². The summed E-state index contributed by atoms with van der Waals surface area (Å²) in [5, 5.41) is 8.27. The molecule has 90 valence electrons. The van der Waals surface area contributed by atoms with Crippen molar-refractivity contribution in [2.24, 2.45) is 5.73 Å². The van der Waals surface area contributed by atoms with Crippen molar-refractivity contribution in [3.8, 4) is 5.69 Å². The van der Waals surface area contributed by atoms with E-state index in [-0.39, 0.29) is 0 Å². The monoisotopic (exact) mass is 230 g/mol. The second-order valence-electron chi connectivity index (χ2n) is 4.41. The lowest BCUT2D eigenvalue weighted by Gasteiger charge is -2.11. The van der Waals surface area contributed by atoms with E-state index in [0.29, 0.717) is 12.5 Å². The van der Waals surface area contributed by atoms with Gasteiger partial charge in [0.25, 0.3) is 0 Å². The predicted octanol–water partition coefficient (Wildman–Crippen LogP) is 1.89. The zero-order chi connectivity index (χ0) is 12.3. The number of aromatic nitrogens is 3. The first-order valence-electron chi connectivity index (χ1n) is 5.93. The lowest BCUT2D eigenvalue weighted by Crippen LogP contribution is -2.03. The van der Waals surface area contributed by atoms with Crippen molar-refractivity contribution in [2.75, 3.05) is 6.54 Å². The summed E-state index contributed by atoms with van der Waals surface area (Å²) in [6, 6.07) is 8.27. The fourth-order valence-electron chi connectivity index (χ4n) is 1.86. The number of nitrogens with zero attached hydrogens (tertiary/aromatic N) is 3. The van der Waals surface area contributed by atoms with E-state index in [1.807, 2.05) is 16.9 Å². The number of nitrogens with two attached hydrogens (primary N) is 1.